The molecule has 0 bridgehead atoms. The molecule has 0 amide bonds. The van der Waals surface area contributed by atoms with Crippen molar-refractivity contribution in [1.82, 2.24) is 4.90 Å². The Morgan fingerprint density at radius 2 is 2.05 bits per heavy atom. The lowest BCUT2D eigenvalue weighted by molar-refractivity contribution is 0.187. The fourth-order valence-corrected chi connectivity index (χ4v) is 3.06. The molecule has 1 aromatic carbocycles. The number of rotatable bonds is 6. The minimum Gasteiger partial charge on any atom is -0.493 e. The van der Waals surface area contributed by atoms with E-state index < -0.39 is 0 Å². The Kier molecular flexibility index (Phi) is 5.99. The third kappa shape index (κ3) is 4.03. The van der Waals surface area contributed by atoms with Gasteiger partial charge in [0.2, 0.25) is 0 Å². The maximum absolute atomic E-state index is 5.98. The van der Waals surface area contributed by atoms with Crippen molar-refractivity contribution in [3.8, 4) is 11.5 Å². The van der Waals surface area contributed by atoms with Crippen LogP contribution in [-0.2, 0) is 6.42 Å². The summed E-state index contributed by atoms with van der Waals surface area (Å²) in [5.74, 6) is 3.04. The largest absolute Gasteiger partial charge is 0.493 e. The van der Waals surface area contributed by atoms with Crippen molar-refractivity contribution in [3.63, 3.8) is 0 Å². The van der Waals surface area contributed by atoms with Crippen LogP contribution in [0, 0.1) is 5.92 Å². The van der Waals surface area contributed by atoms with Crippen molar-refractivity contribution in [1.29, 1.82) is 0 Å². The van der Waals surface area contributed by atoms with E-state index in [4.69, 9.17) is 21.1 Å². The van der Waals surface area contributed by atoms with E-state index in [0.717, 1.165) is 36.9 Å². The topological polar surface area (TPSA) is 21.7 Å². The first-order valence-corrected chi connectivity index (χ1v) is 7.79. The second kappa shape index (κ2) is 7.75. The Morgan fingerprint density at radius 3 is 2.75 bits per heavy atom. The Morgan fingerprint density at radius 1 is 1.25 bits per heavy atom. The number of piperidine rings is 1. The molecule has 1 fully saturated rings. The highest BCUT2D eigenvalue weighted by Crippen LogP contribution is 2.28. The number of benzene rings is 1. The van der Waals surface area contributed by atoms with Gasteiger partial charge in [0.25, 0.3) is 0 Å². The molecule has 20 heavy (non-hydrogen) atoms. The van der Waals surface area contributed by atoms with Crippen LogP contribution in [0.2, 0.25) is 0 Å². The molecule has 1 saturated heterocycles. The van der Waals surface area contributed by atoms with Crippen molar-refractivity contribution in [3.05, 3.63) is 23.8 Å². The highest BCUT2D eigenvalue weighted by Gasteiger charge is 2.18. The van der Waals surface area contributed by atoms with Crippen LogP contribution in [-0.4, -0.2) is 44.6 Å². The summed E-state index contributed by atoms with van der Waals surface area (Å²) in [4.78, 5) is 2.52. The number of nitrogens with zero attached hydrogens (tertiary/aromatic N) is 1. The Labute approximate surface area is 126 Å². The summed E-state index contributed by atoms with van der Waals surface area (Å²) in [7, 11) is 3.34. The van der Waals surface area contributed by atoms with Gasteiger partial charge in [-0.1, -0.05) is 6.07 Å². The minimum absolute atomic E-state index is 0.663. The molecule has 112 valence electrons. The highest BCUT2D eigenvalue weighted by atomic mass is 35.5. The standard InChI is InChI=1S/C16H24ClNO2/c1-19-15-6-5-13(10-16(15)20-2)7-9-18-8-3-4-14(11-17)12-18/h5-6,10,14H,3-4,7-9,11-12H2,1-2H3/t14-/m0/s1. The lowest BCUT2D eigenvalue weighted by Crippen LogP contribution is -2.37. The van der Waals surface area contributed by atoms with Gasteiger partial charge in [-0.05, 0) is 49.4 Å². The summed E-state index contributed by atoms with van der Waals surface area (Å²) in [6.45, 7) is 3.42. The summed E-state index contributed by atoms with van der Waals surface area (Å²) >= 11 is 5.98. The molecule has 0 unspecified atom stereocenters. The third-order valence-corrected chi connectivity index (χ3v) is 4.42. The lowest BCUT2D eigenvalue weighted by atomic mass is 9.99. The number of halogens is 1. The van der Waals surface area contributed by atoms with E-state index in [1.165, 1.54) is 24.9 Å². The van der Waals surface area contributed by atoms with Gasteiger partial charge in [-0.2, -0.15) is 0 Å². The van der Waals surface area contributed by atoms with Gasteiger partial charge < -0.3 is 14.4 Å². The maximum atomic E-state index is 5.98. The molecule has 0 aromatic heterocycles. The molecule has 2 rings (SSSR count). The Hall–Kier alpha value is -0.930. The number of ether oxygens (including phenoxy) is 2. The molecule has 1 heterocycles. The molecule has 0 radical (unpaired) electrons. The van der Waals surface area contributed by atoms with E-state index in [1.54, 1.807) is 14.2 Å². The van der Waals surface area contributed by atoms with Crippen molar-refractivity contribution >= 4 is 11.6 Å². The van der Waals surface area contributed by atoms with Crippen LogP contribution >= 0.6 is 11.6 Å². The number of alkyl halides is 1. The summed E-state index contributed by atoms with van der Waals surface area (Å²) in [5.41, 5.74) is 1.29. The summed E-state index contributed by atoms with van der Waals surface area (Å²) in [6, 6.07) is 6.16. The maximum Gasteiger partial charge on any atom is 0.160 e. The zero-order valence-electron chi connectivity index (χ0n) is 12.4. The number of likely N-dealkylation sites (tertiary alicyclic amines) is 1. The van der Waals surface area contributed by atoms with Gasteiger partial charge in [-0.25, -0.2) is 0 Å². The number of hydrogen-bond acceptors (Lipinski definition) is 3. The molecule has 0 saturated carbocycles. The fraction of sp³-hybridized carbons (Fsp3) is 0.625. The van der Waals surface area contributed by atoms with Crippen molar-refractivity contribution < 1.29 is 9.47 Å². The average Bonchev–Trinajstić information content (AvgIpc) is 2.52. The summed E-state index contributed by atoms with van der Waals surface area (Å²) < 4.78 is 10.6. The second-order valence-corrected chi connectivity index (χ2v) is 5.71. The quantitative estimate of drug-likeness (QED) is 0.753. The third-order valence-electron chi connectivity index (χ3n) is 3.99. The number of hydrogen-bond donors (Lipinski definition) is 0. The molecule has 4 heteroatoms. The van der Waals surface area contributed by atoms with E-state index in [0.29, 0.717) is 5.92 Å². The lowest BCUT2D eigenvalue weighted by Gasteiger charge is -2.31. The smallest absolute Gasteiger partial charge is 0.160 e. The van der Waals surface area contributed by atoms with Gasteiger partial charge in [0.1, 0.15) is 0 Å². The van der Waals surface area contributed by atoms with Crippen LogP contribution in [0.3, 0.4) is 0 Å². The first kappa shape index (κ1) is 15.5. The van der Waals surface area contributed by atoms with E-state index in [1.807, 2.05) is 6.07 Å². The van der Waals surface area contributed by atoms with Gasteiger partial charge in [-0.3, -0.25) is 0 Å². The van der Waals surface area contributed by atoms with Crippen LogP contribution in [0.25, 0.3) is 0 Å². The van der Waals surface area contributed by atoms with Gasteiger partial charge in [0.05, 0.1) is 14.2 Å². The van der Waals surface area contributed by atoms with Crippen LogP contribution < -0.4 is 9.47 Å². The van der Waals surface area contributed by atoms with Gasteiger partial charge in [0.15, 0.2) is 11.5 Å². The van der Waals surface area contributed by atoms with E-state index in [-0.39, 0.29) is 0 Å². The summed E-state index contributed by atoms with van der Waals surface area (Å²) in [5, 5.41) is 0. The Bertz CT molecular complexity index is 425. The minimum atomic E-state index is 0.663. The molecule has 3 nitrogen and oxygen atoms in total. The first-order valence-electron chi connectivity index (χ1n) is 7.26. The molecule has 0 N–H and O–H groups in total. The zero-order valence-corrected chi connectivity index (χ0v) is 13.2. The average molecular weight is 298 g/mol. The van der Waals surface area contributed by atoms with E-state index in [2.05, 4.69) is 17.0 Å². The molecular formula is C16H24ClNO2. The van der Waals surface area contributed by atoms with Crippen molar-refractivity contribution in [2.75, 3.05) is 39.7 Å². The zero-order chi connectivity index (χ0) is 14.4. The van der Waals surface area contributed by atoms with E-state index >= 15 is 0 Å². The van der Waals surface area contributed by atoms with Gasteiger partial charge in [0, 0.05) is 19.0 Å². The predicted octanol–water partition coefficient (Wildman–Crippen LogP) is 3.20. The molecule has 1 aliphatic heterocycles. The van der Waals surface area contributed by atoms with Crippen LogP contribution in [0.1, 0.15) is 18.4 Å². The normalized spacial score (nSPS) is 19.9. The van der Waals surface area contributed by atoms with Gasteiger partial charge >= 0.3 is 0 Å². The number of methoxy groups -OCH3 is 2. The van der Waals surface area contributed by atoms with Crippen LogP contribution in [0.4, 0.5) is 0 Å². The molecular weight excluding hydrogens is 274 g/mol. The molecule has 0 spiro atoms. The molecule has 1 aliphatic rings. The molecule has 1 aromatic rings. The molecule has 0 aliphatic carbocycles. The van der Waals surface area contributed by atoms with Crippen molar-refractivity contribution in [2.24, 2.45) is 5.92 Å². The second-order valence-electron chi connectivity index (χ2n) is 5.40. The highest BCUT2D eigenvalue weighted by molar-refractivity contribution is 6.18. The van der Waals surface area contributed by atoms with Crippen LogP contribution in [0.15, 0.2) is 18.2 Å². The predicted molar refractivity (Wildman–Crippen MR) is 83.1 cm³/mol. The van der Waals surface area contributed by atoms with Crippen molar-refractivity contribution in [2.45, 2.75) is 19.3 Å². The fourth-order valence-electron chi connectivity index (χ4n) is 2.80. The van der Waals surface area contributed by atoms with Crippen LogP contribution in [0.5, 0.6) is 11.5 Å². The molecule has 1 atom stereocenters. The SMILES string of the molecule is COc1ccc(CCN2CCC[C@@H](CCl)C2)cc1OC. The first-order chi connectivity index (χ1) is 9.76. The Balaban J connectivity index is 1.90. The van der Waals surface area contributed by atoms with Gasteiger partial charge in [-0.15, -0.1) is 11.6 Å². The monoisotopic (exact) mass is 297 g/mol. The van der Waals surface area contributed by atoms with E-state index in [9.17, 15) is 0 Å². The summed E-state index contributed by atoms with van der Waals surface area (Å²) in [6.07, 6.45) is 3.58.